The van der Waals surface area contributed by atoms with Crippen LogP contribution in [0, 0.1) is 13.8 Å². The summed E-state index contributed by atoms with van der Waals surface area (Å²) in [7, 11) is 0. The largest absolute Gasteiger partial charge is 0.490 e. The third-order valence-corrected chi connectivity index (χ3v) is 6.78. The molecule has 2 N–H and O–H groups in total. The van der Waals surface area contributed by atoms with Gasteiger partial charge in [0.15, 0.2) is 0 Å². The summed E-state index contributed by atoms with van der Waals surface area (Å²) >= 11 is 0. The summed E-state index contributed by atoms with van der Waals surface area (Å²) in [6.07, 6.45) is 0.994. The predicted octanol–water partition coefficient (Wildman–Crippen LogP) is 0.951. The highest BCUT2D eigenvalue weighted by molar-refractivity contribution is 5.73. The minimum Gasteiger partial charge on any atom is -0.490 e. The van der Waals surface area contributed by atoms with E-state index in [9.17, 15) is 19.8 Å². The lowest BCUT2D eigenvalue weighted by Gasteiger charge is -2.41. The number of ether oxygens (including phenoxy) is 1. The molecule has 0 spiro atoms. The Bertz CT molecular complexity index is 837. The van der Waals surface area contributed by atoms with E-state index in [0.29, 0.717) is 57.9 Å². The fourth-order valence-electron chi connectivity index (χ4n) is 4.57. The molecule has 0 aliphatic carbocycles. The quantitative estimate of drug-likeness (QED) is 0.698. The number of hydrogen-bond acceptors (Lipinski definition) is 6. The Hall–Kier alpha value is -2.16. The SMILES string of the molecule is CC(=O)N1CCC(O)(CN2CCN(C(C)=O)C[C@](O)(COc3ccc(C)c(C)c3)C2)CC1. The molecule has 0 unspecified atom stereocenters. The normalized spacial score (nSPS) is 24.2. The molecule has 2 heterocycles. The molecular formula is C24H37N3O5. The first-order valence-electron chi connectivity index (χ1n) is 11.4. The molecule has 2 aliphatic heterocycles. The van der Waals surface area contributed by atoms with Crippen LogP contribution < -0.4 is 4.74 Å². The highest BCUT2D eigenvalue weighted by atomic mass is 16.5. The molecule has 1 aromatic carbocycles. The zero-order chi connectivity index (χ0) is 23.5. The molecule has 1 atom stereocenters. The fourth-order valence-corrected chi connectivity index (χ4v) is 4.57. The van der Waals surface area contributed by atoms with E-state index in [-0.39, 0.29) is 25.0 Å². The molecule has 2 amide bonds. The van der Waals surface area contributed by atoms with Crippen LogP contribution in [0.5, 0.6) is 5.75 Å². The third kappa shape index (κ3) is 6.21. The maximum Gasteiger partial charge on any atom is 0.219 e. The van der Waals surface area contributed by atoms with Crippen LogP contribution in [0.1, 0.15) is 37.8 Å². The van der Waals surface area contributed by atoms with E-state index in [4.69, 9.17) is 4.74 Å². The molecule has 8 heteroatoms. The van der Waals surface area contributed by atoms with Crippen molar-refractivity contribution >= 4 is 11.8 Å². The first-order chi connectivity index (χ1) is 15.0. The van der Waals surface area contributed by atoms with Crippen molar-refractivity contribution in [1.29, 1.82) is 0 Å². The molecule has 3 rings (SSSR count). The summed E-state index contributed by atoms with van der Waals surface area (Å²) in [6, 6.07) is 5.81. The number of hydrogen-bond donors (Lipinski definition) is 2. The minimum atomic E-state index is -1.27. The minimum absolute atomic E-state index is 0.0248. The first-order valence-corrected chi connectivity index (χ1v) is 11.4. The van der Waals surface area contributed by atoms with Crippen LogP contribution in [0.4, 0.5) is 0 Å². The van der Waals surface area contributed by atoms with E-state index in [1.165, 1.54) is 12.5 Å². The van der Waals surface area contributed by atoms with Crippen molar-refractivity contribution < 1.29 is 24.5 Å². The second-order valence-electron chi connectivity index (χ2n) is 9.64. The number of β-amino-alcohol motifs (C(OH)–C–C–N with tert-alkyl or cyclic N) is 2. The number of aryl methyl sites for hydroxylation is 2. The molecule has 0 saturated carbocycles. The zero-order valence-electron chi connectivity index (χ0n) is 19.8. The van der Waals surface area contributed by atoms with Crippen molar-refractivity contribution in [3.05, 3.63) is 29.3 Å². The lowest BCUT2D eigenvalue weighted by molar-refractivity contribution is -0.134. The first kappa shape index (κ1) is 24.5. The van der Waals surface area contributed by atoms with Gasteiger partial charge in [0.1, 0.15) is 18.0 Å². The van der Waals surface area contributed by atoms with Gasteiger partial charge in [-0.1, -0.05) is 6.07 Å². The van der Waals surface area contributed by atoms with Crippen LogP contribution in [0.3, 0.4) is 0 Å². The second-order valence-corrected chi connectivity index (χ2v) is 9.64. The Morgan fingerprint density at radius 3 is 2.16 bits per heavy atom. The number of carbonyl (C=O) groups is 2. The lowest BCUT2D eigenvalue weighted by atomic mass is 9.90. The van der Waals surface area contributed by atoms with Gasteiger partial charge in [-0.15, -0.1) is 0 Å². The van der Waals surface area contributed by atoms with Gasteiger partial charge in [0.2, 0.25) is 11.8 Å². The van der Waals surface area contributed by atoms with E-state index >= 15 is 0 Å². The van der Waals surface area contributed by atoms with Crippen LogP contribution in [0.25, 0.3) is 0 Å². The van der Waals surface area contributed by atoms with Crippen LogP contribution in [0.2, 0.25) is 0 Å². The van der Waals surface area contributed by atoms with E-state index in [0.717, 1.165) is 5.56 Å². The molecule has 2 saturated heterocycles. The molecule has 0 radical (unpaired) electrons. The number of nitrogens with zero attached hydrogens (tertiary/aromatic N) is 3. The highest BCUT2D eigenvalue weighted by Crippen LogP contribution is 2.26. The molecule has 178 valence electrons. The van der Waals surface area contributed by atoms with Gasteiger partial charge in [0.25, 0.3) is 0 Å². The van der Waals surface area contributed by atoms with Gasteiger partial charge in [-0.05, 0) is 49.9 Å². The maximum absolute atomic E-state index is 12.1. The smallest absolute Gasteiger partial charge is 0.219 e. The van der Waals surface area contributed by atoms with E-state index in [1.54, 1.807) is 16.7 Å². The number of likely N-dealkylation sites (tertiary alicyclic amines) is 1. The summed E-state index contributed by atoms with van der Waals surface area (Å²) in [5.74, 6) is 0.614. The number of benzene rings is 1. The Morgan fingerprint density at radius 1 is 0.906 bits per heavy atom. The summed E-state index contributed by atoms with van der Waals surface area (Å²) in [5.41, 5.74) is 0.0925. The van der Waals surface area contributed by atoms with Gasteiger partial charge in [0, 0.05) is 53.1 Å². The summed E-state index contributed by atoms with van der Waals surface area (Å²) in [5, 5.41) is 22.6. The number of aliphatic hydroxyl groups is 2. The topological polar surface area (TPSA) is 93.6 Å². The van der Waals surface area contributed by atoms with Crippen LogP contribution >= 0.6 is 0 Å². The van der Waals surface area contributed by atoms with E-state index in [1.807, 2.05) is 36.9 Å². The number of piperidine rings is 1. The molecular weight excluding hydrogens is 410 g/mol. The highest BCUT2D eigenvalue weighted by Gasteiger charge is 2.41. The average Bonchev–Trinajstić information content (AvgIpc) is 2.88. The van der Waals surface area contributed by atoms with Crippen molar-refractivity contribution in [1.82, 2.24) is 14.7 Å². The number of rotatable bonds is 5. The number of carbonyl (C=O) groups excluding carboxylic acids is 2. The maximum atomic E-state index is 12.1. The van der Waals surface area contributed by atoms with Crippen molar-refractivity contribution in [3.63, 3.8) is 0 Å². The summed E-state index contributed by atoms with van der Waals surface area (Å²) in [4.78, 5) is 29.2. The molecule has 32 heavy (non-hydrogen) atoms. The summed E-state index contributed by atoms with van der Waals surface area (Å²) < 4.78 is 5.95. The van der Waals surface area contributed by atoms with Gasteiger partial charge in [-0.3, -0.25) is 14.5 Å². The Kier molecular flexibility index (Phi) is 7.47. The summed E-state index contributed by atoms with van der Waals surface area (Å²) in [6.45, 7) is 10.1. The second kappa shape index (κ2) is 9.77. The van der Waals surface area contributed by atoms with Crippen LogP contribution in [-0.4, -0.2) is 100 Å². The predicted molar refractivity (Wildman–Crippen MR) is 121 cm³/mol. The standard InChI is InChI=1S/C24H37N3O5/c1-18-5-6-22(13-19(18)2)32-17-24(31)15-25(11-12-27(16-24)21(4)29)14-23(30)7-9-26(10-8-23)20(3)28/h5-6,13,30-31H,7-12,14-17H2,1-4H3/t24-/m0/s1. The monoisotopic (exact) mass is 447 g/mol. The third-order valence-electron chi connectivity index (χ3n) is 6.78. The lowest BCUT2D eigenvalue weighted by Crippen LogP contribution is -2.56. The van der Waals surface area contributed by atoms with Gasteiger partial charge >= 0.3 is 0 Å². The Balaban J connectivity index is 1.69. The molecule has 0 aromatic heterocycles. The zero-order valence-corrected chi connectivity index (χ0v) is 19.8. The van der Waals surface area contributed by atoms with Gasteiger partial charge in [-0.25, -0.2) is 0 Å². The Morgan fingerprint density at radius 2 is 1.56 bits per heavy atom. The van der Waals surface area contributed by atoms with Crippen LogP contribution in [-0.2, 0) is 9.59 Å². The molecule has 2 fully saturated rings. The van der Waals surface area contributed by atoms with Gasteiger partial charge < -0.3 is 24.7 Å². The van der Waals surface area contributed by atoms with E-state index in [2.05, 4.69) is 0 Å². The van der Waals surface area contributed by atoms with Crippen molar-refractivity contribution in [2.75, 3.05) is 52.4 Å². The average molecular weight is 448 g/mol. The van der Waals surface area contributed by atoms with Crippen molar-refractivity contribution in [3.8, 4) is 5.75 Å². The van der Waals surface area contributed by atoms with Crippen LogP contribution in [0.15, 0.2) is 18.2 Å². The molecule has 8 nitrogen and oxygen atoms in total. The van der Waals surface area contributed by atoms with E-state index < -0.39 is 11.2 Å². The van der Waals surface area contributed by atoms with Crippen molar-refractivity contribution in [2.45, 2.75) is 51.7 Å². The number of amides is 2. The molecule has 0 bridgehead atoms. The fraction of sp³-hybridized carbons (Fsp3) is 0.667. The molecule has 2 aliphatic rings. The van der Waals surface area contributed by atoms with Gasteiger partial charge in [0.05, 0.1) is 12.1 Å². The Labute approximate surface area is 190 Å². The van der Waals surface area contributed by atoms with Crippen molar-refractivity contribution in [2.24, 2.45) is 0 Å². The molecule has 1 aromatic rings. The van der Waals surface area contributed by atoms with Gasteiger partial charge in [-0.2, -0.15) is 0 Å².